The third kappa shape index (κ3) is 3.38. The number of benzene rings is 2. The topological polar surface area (TPSA) is 68.9 Å². The summed E-state index contributed by atoms with van der Waals surface area (Å²) in [6.07, 6.45) is 0.677. The van der Waals surface area contributed by atoms with Gasteiger partial charge in [0, 0.05) is 19.5 Å². The van der Waals surface area contributed by atoms with Crippen molar-refractivity contribution in [3.8, 4) is 0 Å². The smallest absolute Gasteiger partial charge is 0.329 e. The Morgan fingerprint density at radius 3 is 2.52 bits per heavy atom. The number of amides is 1. The van der Waals surface area contributed by atoms with Crippen LogP contribution in [0.4, 0.5) is 0 Å². The lowest BCUT2D eigenvalue weighted by Crippen LogP contribution is -2.34. The van der Waals surface area contributed by atoms with Gasteiger partial charge in [0.1, 0.15) is 6.54 Å². The number of fused-ring (bicyclic) bond motifs is 2. The number of rotatable bonds is 6. The van der Waals surface area contributed by atoms with Crippen molar-refractivity contribution in [3.05, 3.63) is 64.0 Å². The molecule has 2 aromatic heterocycles. The highest BCUT2D eigenvalue weighted by Crippen LogP contribution is 2.21. The molecule has 0 saturated heterocycles. The molecule has 7 heteroatoms. The Hall–Kier alpha value is -2.93. The normalized spacial score (nSPS) is 11.3. The highest BCUT2D eigenvalue weighted by Gasteiger charge is 2.14. The molecule has 0 fully saturated rings. The van der Waals surface area contributed by atoms with Gasteiger partial charge in [0.15, 0.2) is 0 Å². The molecule has 0 radical (unpaired) electrons. The zero-order valence-electron chi connectivity index (χ0n) is 15.0. The minimum absolute atomic E-state index is 0.0200. The molecule has 6 nitrogen and oxygen atoms in total. The van der Waals surface area contributed by atoms with Gasteiger partial charge in [-0.3, -0.25) is 13.9 Å². The number of aromatic nitrogens is 3. The van der Waals surface area contributed by atoms with Crippen LogP contribution in [0.15, 0.2) is 53.3 Å². The molecule has 27 heavy (non-hydrogen) atoms. The van der Waals surface area contributed by atoms with Crippen molar-refractivity contribution in [2.75, 3.05) is 6.54 Å². The Bertz CT molecular complexity index is 1140. The zero-order valence-corrected chi connectivity index (χ0v) is 15.8. The molecular formula is C20H20N4O2S. The number of thiazole rings is 1. The van der Waals surface area contributed by atoms with E-state index in [1.54, 1.807) is 15.9 Å². The molecule has 2 aromatic carbocycles. The van der Waals surface area contributed by atoms with Gasteiger partial charge in [-0.1, -0.05) is 24.3 Å². The monoisotopic (exact) mass is 380 g/mol. The number of hydrogen-bond donors (Lipinski definition) is 1. The lowest BCUT2D eigenvalue weighted by molar-refractivity contribution is -0.121. The van der Waals surface area contributed by atoms with Gasteiger partial charge in [0.05, 0.1) is 26.3 Å². The van der Waals surface area contributed by atoms with E-state index in [4.69, 9.17) is 0 Å². The second-order valence-corrected chi connectivity index (χ2v) is 7.39. The average Bonchev–Trinajstić information content (AvgIpc) is 3.20. The highest BCUT2D eigenvalue weighted by atomic mass is 32.1. The largest absolute Gasteiger partial charge is 0.354 e. The van der Waals surface area contributed by atoms with E-state index in [-0.39, 0.29) is 18.1 Å². The molecule has 2 heterocycles. The number of hydrogen-bond acceptors (Lipinski definition) is 4. The van der Waals surface area contributed by atoms with Gasteiger partial charge >= 0.3 is 5.69 Å². The van der Waals surface area contributed by atoms with Crippen molar-refractivity contribution < 1.29 is 4.79 Å². The molecule has 0 aliphatic heterocycles. The van der Waals surface area contributed by atoms with E-state index in [2.05, 4.69) is 10.3 Å². The molecule has 0 unspecified atom stereocenters. The van der Waals surface area contributed by atoms with Crippen molar-refractivity contribution in [2.24, 2.45) is 0 Å². The molecule has 138 valence electrons. The molecule has 0 spiro atoms. The number of para-hydroxylation sites is 3. The van der Waals surface area contributed by atoms with Crippen LogP contribution in [0.2, 0.25) is 0 Å². The molecule has 0 saturated carbocycles. The van der Waals surface area contributed by atoms with Crippen LogP contribution in [-0.2, 0) is 24.3 Å². The molecule has 0 aliphatic carbocycles. The summed E-state index contributed by atoms with van der Waals surface area (Å²) in [6, 6.07) is 15.6. The summed E-state index contributed by atoms with van der Waals surface area (Å²) >= 11 is 1.64. The summed E-state index contributed by atoms with van der Waals surface area (Å²) in [5.74, 6) is -0.169. The minimum atomic E-state index is -0.169. The Morgan fingerprint density at radius 1 is 1.07 bits per heavy atom. The Kier molecular flexibility index (Phi) is 4.77. The van der Waals surface area contributed by atoms with Crippen LogP contribution in [-0.4, -0.2) is 26.6 Å². The number of carbonyl (C=O) groups is 1. The van der Waals surface area contributed by atoms with Crippen molar-refractivity contribution in [2.45, 2.75) is 26.4 Å². The molecular weight excluding hydrogens is 360 g/mol. The van der Waals surface area contributed by atoms with Gasteiger partial charge < -0.3 is 5.32 Å². The van der Waals surface area contributed by atoms with Gasteiger partial charge in [-0.15, -0.1) is 11.3 Å². The van der Waals surface area contributed by atoms with Crippen molar-refractivity contribution >= 4 is 38.5 Å². The van der Waals surface area contributed by atoms with Gasteiger partial charge in [-0.25, -0.2) is 9.78 Å². The average molecular weight is 380 g/mol. The molecule has 1 amide bonds. The number of nitrogens with zero attached hydrogens (tertiary/aromatic N) is 3. The van der Waals surface area contributed by atoms with E-state index in [1.165, 1.54) is 4.57 Å². The van der Waals surface area contributed by atoms with Gasteiger partial charge in [-0.05, 0) is 31.2 Å². The predicted octanol–water partition coefficient (Wildman–Crippen LogP) is 2.79. The first-order valence-corrected chi connectivity index (χ1v) is 9.78. The first kappa shape index (κ1) is 17.5. The first-order chi connectivity index (χ1) is 13.2. The van der Waals surface area contributed by atoms with Crippen LogP contribution in [0, 0.1) is 0 Å². The maximum atomic E-state index is 12.6. The summed E-state index contributed by atoms with van der Waals surface area (Å²) in [6.45, 7) is 3.02. The number of nitrogens with one attached hydrogen (secondary N) is 1. The Morgan fingerprint density at radius 2 is 1.78 bits per heavy atom. The Balaban J connectivity index is 1.43. The summed E-state index contributed by atoms with van der Waals surface area (Å²) in [5, 5.41) is 3.90. The third-order valence-electron chi connectivity index (χ3n) is 4.54. The fourth-order valence-electron chi connectivity index (χ4n) is 3.27. The van der Waals surface area contributed by atoms with Crippen LogP contribution in [0.5, 0.6) is 0 Å². The SMILES string of the molecule is CCn1c(=O)n(CC(=O)NCCc2nc3ccccc3s2)c2ccccc21. The second-order valence-electron chi connectivity index (χ2n) is 6.28. The second kappa shape index (κ2) is 7.36. The maximum absolute atomic E-state index is 12.6. The number of carbonyl (C=O) groups excluding carboxylic acids is 1. The molecule has 0 bridgehead atoms. The maximum Gasteiger partial charge on any atom is 0.329 e. The van der Waals surface area contributed by atoms with Crippen LogP contribution in [0.25, 0.3) is 21.3 Å². The quantitative estimate of drug-likeness (QED) is 0.559. The van der Waals surface area contributed by atoms with E-state index >= 15 is 0 Å². The van der Waals surface area contributed by atoms with Crippen molar-refractivity contribution in [1.82, 2.24) is 19.4 Å². The number of aryl methyl sites for hydroxylation is 1. The van der Waals surface area contributed by atoms with Crippen molar-refractivity contribution in [1.29, 1.82) is 0 Å². The van der Waals surface area contributed by atoms with Gasteiger partial charge in [0.2, 0.25) is 5.91 Å². The summed E-state index contributed by atoms with van der Waals surface area (Å²) in [7, 11) is 0. The van der Waals surface area contributed by atoms with Crippen LogP contribution >= 0.6 is 11.3 Å². The fraction of sp³-hybridized carbons (Fsp3) is 0.250. The summed E-state index contributed by atoms with van der Waals surface area (Å²) < 4.78 is 4.37. The lowest BCUT2D eigenvalue weighted by Gasteiger charge is -2.05. The first-order valence-electron chi connectivity index (χ1n) is 8.96. The van der Waals surface area contributed by atoms with Gasteiger partial charge in [0.25, 0.3) is 0 Å². The highest BCUT2D eigenvalue weighted by molar-refractivity contribution is 7.18. The standard InChI is InChI=1S/C20H20N4O2S/c1-2-23-15-8-4-5-9-16(15)24(20(23)26)13-18(25)21-12-11-19-22-14-7-3-6-10-17(14)27-19/h3-10H,2,11-13H2,1H3,(H,21,25). The molecule has 1 N–H and O–H groups in total. The zero-order chi connectivity index (χ0) is 18.8. The van der Waals surface area contributed by atoms with E-state index < -0.39 is 0 Å². The van der Waals surface area contributed by atoms with E-state index in [0.717, 1.165) is 26.3 Å². The van der Waals surface area contributed by atoms with Crippen LogP contribution in [0.1, 0.15) is 11.9 Å². The lowest BCUT2D eigenvalue weighted by atomic mass is 10.3. The van der Waals surface area contributed by atoms with E-state index in [0.29, 0.717) is 19.5 Å². The van der Waals surface area contributed by atoms with E-state index in [1.807, 2.05) is 55.5 Å². The summed E-state index contributed by atoms with van der Waals surface area (Å²) in [4.78, 5) is 29.5. The Labute approximate surface area is 160 Å². The number of imidazole rings is 1. The van der Waals surface area contributed by atoms with Crippen molar-refractivity contribution in [3.63, 3.8) is 0 Å². The molecule has 4 aromatic rings. The van der Waals surface area contributed by atoms with Crippen LogP contribution in [0.3, 0.4) is 0 Å². The summed E-state index contributed by atoms with van der Waals surface area (Å²) in [5.41, 5.74) is 2.47. The van der Waals surface area contributed by atoms with E-state index in [9.17, 15) is 9.59 Å². The molecule has 4 rings (SSSR count). The molecule has 0 aliphatic rings. The van der Waals surface area contributed by atoms with Crippen LogP contribution < -0.4 is 11.0 Å². The predicted molar refractivity (Wildman–Crippen MR) is 108 cm³/mol. The molecule has 0 atom stereocenters. The third-order valence-corrected chi connectivity index (χ3v) is 5.64. The van der Waals surface area contributed by atoms with Gasteiger partial charge in [-0.2, -0.15) is 0 Å². The fourth-order valence-corrected chi connectivity index (χ4v) is 4.23. The minimum Gasteiger partial charge on any atom is -0.354 e.